The highest BCUT2D eigenvalue weighted by atomic mass is 32.2. The third-order valence-electron chi connectivity index (χ3n) is 4.30. The van der Waals surface area contributed by atoms with Crippen LogP contribution >= 0.6 is 11.8 Å². The van der Waals surface area contributed by atoms with E-state index in [0.717, 1.165) is 23.3 Å². The third-order valence-corrected chi connectivity index (χ3v) is 5.54. The number of fused-ring (bicyclic) bond motifs is 1. The Bertz CT molecular complexity index is 845. The number of benzene rings is 1. The number of amides is 1. The van der Waals surface area contributed by atoms with Crippen LogP contribution in [-0.4, -0.2) is 21.2 Å². The Morgan fingerprint density at radius 2 is 2.08 bits per heavy atom. The molecule has 0 unspecified atom stereocenters. The van der Waals surface area contributed by atoms with E-state index in [2.05, 4.69) is 17.2 Å². The van der Waals surface area contributed by atoms with Crippen molar-refractivity contribution in [2.45, 2.75) is 37.8 Å². The summed E-state index contributed by atoms with van der Waals surface area (Å²) in [5.74, 6) is 1.15. The second-order valence-corrected chi connectivity index (χ2v) is 7.09. The first kappa shape index (κ1) is 16.8. The average Bonchev–Trinajstić information content (AvgIpc) is 2.56. The van der Waals surface area contributed by atoms with Crippen molar-refractivity contribution in [3.63, 3.8) is 0 Å². The van der Waals surface area contributed by atoms with Gasteiger partial charge >= 0.3 is 0 Å². The summed E-state index contributed by atoms with van der Waals surface area (Å²) in [6.45, 7) is 4.09. The first-order valence-electron chi connectivity index (χ1n) is 8.12. The summed E-state index contributed by atoms with van der Waals surface area (Å²) in [6.07, 6.45) is 1.27. The molecule has 1 aromatic heterocycles. The molecule has 3 rings (SSSR count). The van der Waals surface area contributed by atoms with Crippen LogP contribution in [0.2, 0.25) is 0 Å². The lowest BCUT2D eigenvalue weighted by Gasteiger charge is -2.28. The molecule has 5 nitrogen and oxygen atoms in total. The monoisotopic (exact) mass is 343 g/mol. The van der Waals surface area contributed by atoms with Gasteiger partial charge in [-0.2, -0.15) is 4.98 Å². The van der Waals surface area contributed by atoms with Gasteiger partial charge in [0.05, 0.1) is 5.56 Å². The van der Waals surface area contributed by atoms with Crippen molar-refractivity contribution in [1.29, 1.82) is 0 Å². The van der Waals surface area contributed by atoms with Gasteiger partial charge in [-0.25, -0.2) is 0 Å². The van der Waals surface area contributed by atoms with Gasteiger partial charge in [0.15, 0.2) is 5.16 Å². The predicted molar refractivity (Wildman–Crippen MR) is 96.8 cm³/mol. The Labute approximate surface area is 145 Å². The van der Waals surface area contributed by atoms with Crippen molar-refractivity contribution in [2.24, 2.45) is 7.05 Å². The number of rotatable bonds is 4. The number of nitrogens with one attached hydrogen (secondary N) is 1. The topological polar surface area (TPSA) is 64.0 Å². The molecule has 126 valence electrons. The van der Waals surface area contributed by atoms with E-state index >= 15 is 0 Å². The highest BCUT2D eigenvalue weighted by Crippen LogP contribution is 2.36. The number of aromatic nitrogens is 2. The Kier molecular flexibility index (Phi) is 4.76. The molecule has 1 aromatic carbocycles. The van der Waals surface area contributed by atoms with Gasteiger partial charge in [0.2, 0.25) is 5.91 Å². The fraction of sp³-hybridized carbons (Fsp3) is 0.389. The minimum absolute atomic E-state index is 0.0663. The summed E-state index contributed by atoms with van der Waals surface area (Å²) < 4.78 is 1.83. The van der Waals surface area contributed by atoms with Crippen molar-refractivity contribution in [1.82, 2.24) is 9.55 Å². The van der Waals surface area contributed by atoms with Crippen molar-refractivity contribution >= 4 is 23.5 Å². The van der Waals surface area contributed by atoms with E-state index in [-0.39, 0.29) is 23.8 Å². The Morgan fingerprint density at radius 3 is 2.79 bits per heavy atom. The molecule has 6 heteroatoms. The lowest BCUT2D eigenvalue weighted by atomic mass is 9.84. The van der Waals surface area contributed by atoms with Crippen LogP contribution in [0.15, 0.2) is 34.2 Å². The fourth-order valence-corrected chi connectivity index (χ4v) is 3.92. The highest BCUT2D eigenvalue weighted by molar-refractivity contribution is 7.99. The van der Waals surface area contributed by atoms with E-state index in [0.29, 0.717) is 16.5 Å². The fourth-order valence-electron chi connectivity index (χ4n) is 3.10. The molecule has 0 saturated heterocycles. The molecule has 1 aliphatic heterocycles. The molecular weight excluding hydrogens is 322 g/mol. The smallest absolute Gasteiger partial charge is 0.279 e. The Balaban J connectivity index is 2.17. The largest absolute Gasteiger partial charge is 0.312 e. The van der Waals surface area contributed by atoms with Crippen LogP contribution in [0.25, 0.3) is 0 Å². The number of carbonyl (C=O) groups excluding carboxylic acids is 1. The molecule has 2 heterocycles. The molecule has 2 aromatic rings. The van der Waals surface area contributed by atoms with E-state index in [1.807, 2.05) is 42.8 Å². The number of hydrogen-bond acceptors (Lipinski definition) is 4. The minimum atomic E-state index is -0.244. The second-order valence-electron chi connectivity index (χ2n) is 6.03. The van der Waals surface area contributed by atoms with Crippen LogP contribution in [0.3, 0.4) is 0 Å². The summed E-state index contributed by atoms with van der Waals surface area (Å²) in [4.78, 5) is 29.2. The van der Waals surface area contributed by atoms with Gasteiger partial charge in [-0.05, 0) is 24.5 Å². The van der Waals surface area contributed by atoms with Crippen LogP contribution < -0.4 is 10.9 Å². The number of nitrogens with zero attached hydrogens (tertiary/aromatic N) is 2. The first-order chi connectivity index (χ1) is 11.5. The zero-order valence-electron chi connectivity index (χ0n) is 14.1. The van der Waals surface area contributed by atoms with Crippen molar-refractivity contribution in [3.05, 3.63) is 51.3 Å². The highest BCUT2D eigenvalue weighted by Gasteiger charge is 2.32. The SMILES string of the molecule is CCCSc1nc(=O)c2c(n1C)NC(=O)C[C@@H]2c1ccccc1C. The van der Waals surface area contributed by atoms with Crippen LogP contribution in [0.1, 0.15) is 42.4 Å². The molecule has 1 amide bonds. The molecule has 0 saturated carbocycles. The predicted octanol–water partition coefficient (Wildman–Crippen LogP) is 3.06. The summed E-state index contributed by atoms with van der Waals surface area (Å²) >= 11 is 1.54. The molecule has 0 fully saturated rings. The lowest BCUT2D eigenvalue weighted by Crippen LogP contribution is -2.33. The second kappa shape index (κ2) is 6.81. The molecule has 1 N–H and O–H groups in total. The zero-order valence-corrected chi connectivity index (χ0v) is 14.9. The molecular formula is C18H21N3O2S. The van der Waals surface area contributed by atoms with Gasteiger partial charge in [0, 0.05) is 25.1 Å². The van der Waals surface area contributed by atoms with Crippen molar-refractivity contribution in [3.8, 4) is 0 Å². The molecule has 0 radical (unpaired) electrons. The lowest BCUT2D eigenvalue weighted by molar-refractivity contribution is -0.116. The maximum atomic E-state index is 12.7. The molecule has 24 heavy (non-hydrogen) atoms. The van der Waals surface area contributed by atoms with Gasteiger partial charge < -0.3 is 9.88 Å². The summed E-state index contributed by atoms with van der Waals surface area (Å²) in [5, 5.41) is 3.52. The van der Waals surface area contributed by atoms with Crippen LogP contribution in [-0.2, 0) is 11.8 Å². The van der Waals surface area contributed by atoms with E-state index in [1.54, 1.807) is 0 Å². The third kappa shape index (κ3) is 2.98. The van der Waals surface area contributed by atoms with E-state index < -0.39 is 0 Å². The Hall–Kier alpha value is -2.08. The minimum Gasteiger partial charge on any atom is -0.312 e. The summed E-state index contributed by atoms with van der Waals surface area (Å²) in [7, 11) is 1.85. The quantitative estimate of drug-likeness (QED) is 0.684. The first-order valence-corrected chi connectivity index (χ1v) is 9.10. The number of carbonyl (C=O) groups is 1. The standard InChI is InChI=1S/C18H21N3O2S/c1-4-9-24-18-20-17(23)15-13(12-8-6-5-7-11(12)2)10-14(22)19-16(15)21(18)3/h5-8,13H,4,9-10H2,1-3H3,(H,19,22)/t13-/m1/s1. The zero-order chi connectivity index (χ0) is 17.3. The van der Waals surface area contributed by atoms with Gasteiger partial charge in [-0.1, -0.05) is 43.0 Å². The number of hydrogen-bond donors (Lipinski definition) is 1. The maximum absolute atomic E-state index is 12.7. The molecule has 0 bridgehead atoms. The normalized spacial score (nSPS) is 16.6. The molecule has 0 spiro atoms. The summed E-state index contributed by atoms with van der Waals surface area (Å²) in [6, 6.07) is 7.90. The number of thioether (sulfide) groups is 1. The van der Waals surface area contributed by atoms with E-state index in [1.165, 1.54) is 11.8 Å². The average molecular weight is 343 g/mol. The van der Waals surface area contributed by atoms with E-state index in [9.17, 15) is 9.59 Å². The molecule has 0 aliphatic carbocycles. The maximum Gasteiger partial charge on any atom is 0.279 e. The van der Waals surface area contributed by atoms with Crippen LogP contribution in [0, 0.1) is 6.92 Å². The van der Waals surface area contributed by atoms with Crippen molar-refractivity contribution < 1.29 is 4.79 Å². The van der Waals surface area contributed by atoms with Gasteiger partial charge in [-0.15, -0.1) is 0 Å². The number of anilines is 1. The molecule has 1 atom stereocenters. The van der Waals surface area contributed by atoms with Crippen molar-refractivity contribution in [2.75, 3.05) is 11.1 Å². The molecule has 1 aliphatic rings. The van der Waals surface area contributed by atoms with E-state index in [4.69, 9.17) is 0 Å². The Morgan fingerprint density at radius 1 is 1.33 bits per heavy atom. The van der Waals surface area contributed by atoms with Crippen LogP contribution in [0.5, 0.6) is 0 Å². The van der Waals surface area contributed by atoms with Gasteiger partial charge in [-0.3, -0.25) is 9.59 Å². The van der Waals surface area contributed by atoms with Crippen LogP contribution in [0.4, 0.5) is 5.82 Å². The van der Waals surface area contributed by atoms with Gasteiger partial charge in [0.1, 0.15) is 5.82 Å². The summed E-state index contributed by atoms with van der Waals surface area (Å²) in [5.41, 5.74) is 2.44. The number of aryl methyl sites for hydroxylation is 1. The van der Waals surface area contributed by atoms with Gasteiger partial charge in [0.25, 0.3) is 5.56 Å².